The van der Waals surface area contributed by atoms with Crippen molar-refractivity contribution in [2.75, 3.05) is 42.9 Å². The van der Waals surface area contributed by atoms with E-state index in [0.29, 0.717) is 21.5 Å². The van der Waals surface area contributed by atoms with Gasteiger partial charge in [0.1, 0.15) is 5.69 Å². The van der Waals surface area contributed by atoms with Crippen LogP contribution in [0.1, 0.15) is 23.0 Å². The van der Waals surface area contributed by atoms with Crippen molar-refractivity contribution >= 4 is 39.7 Å². The first-order chi connectivity index (χ1) is 14.1. The number of nitrogens with one attached hydrogen (secondary N) is 1. The van der Waals surface area contributed by atoms with Crippen molar-refractivity contribution in [3.8, 4) is 5.13 Å². The zero-order chi connectivity index (χ0) is 20.4. The molecule has 1 saturated heterocycles. The highest BCUT2D eigenvalue weighted by Gasteiger charge is 2.21. The lowest BCUT2D eigenvalue weighted by Crippen LogP contribution is -2.46. The fraction of sp³-hybridized carbons (Fsp3) is 0.350. The van der Waals surface area contributed by atoms with E-state index in [2.05, 4.69) is 32.2 Å². The van der Waals surface area contributed by atoms with Crippen molar-refractivity contribution in [3.63, 3.8) is 0 Å². The summed E-state index contributed by atoms with van der Waals surface area (Å²) in [4.78, 5) is 17.6. The number of benzene rings is 1. The number of rotatable bonds is 5. The molecule has 2 aromatic heterocycles. The summed E-state index contributed by atoms with van der Waals surface area (Å²) in [6.07, 6.45) is 1.83. The molecule has 0 atom stereocenters. The Labute approximate surface area is 178 Å². The Morgan fingerprint density at radius 1 is 1.14 bits per heavy atom. The molecule has 4 rings (SSSR count). The quantitative estimate of drug-likeness (QED) is 0.668. The second kappa shape index (κ2) is 8.52. The standard InChI is InChI=1S/C20H23ClN6OS/c1-3-25-10-12-26(13-11-25)19-23-24-20(29-19)27-9-5-8-17(27)18(28)22-16-7-4-6-15(21)14(16)2/h4-9H,3,10-13H2,1-2H3,(H,22,28). The van der Waals surface area contributed by atoms with Gasteiger partial charge >= 0.3 is 0 Å². The number of hydrogen-bond acceptors (Lipinski definition) is 6. The predicted molar refractivity (Wildman–Crippen MR) is 118 cm³/mol. The molecule has 1 aliphatic rings. The molecule has 0 spiro atoms. The molecule has 9 heteroatoms. The van der Waals surface area contributed by atoms with Gasteiger partial charge in [0.05, 0.1) is 0 Å². The Kier molecular flexibility index (Phi) is 5.84. The third kappa shape index (κ3) is 4.14. The molecule has 1 amide bonds. The number of halogens is 1. The minimum atomic E-state index is -0.214. The fourth-order valence-electron chi connectivity index (χ4n) is 3.35. The van der Waals surface area contributed by atoms with Crippen LogP contribution < -0.4 is 10.2 Å². The Balaban J connectivity index is 1.52. The highest BCUT2D eigenvalue weighted by atomic mass is 35.5. The number of nitrogens with zero attached hydrogens (tertiary/aromatic N) is 5. The van der Waals surface area contributed by atoms with Gasteiger partial charge in [-0.2, -0.15) is 0 Å². The first-order valence-corrected chi connectivity index (χ1v) is 10.8. The number of carbonyl (C=O) groups is 1. The predicted octanol–water partition coefficient (Wildman–Crippen LogP) is 3.68. The second-order valence-electron chi connectivity index (χ2n) is 6.92. The van der Waals surface area contributed by atoms with Crippen LogP contribution in [0.3, 0.4) is 0 Å². The Morgan fingerprint density at radius 3 is 2.66 bits per heavy atom. The first-order valence-electron chi connectivity index (χ1n) is 9.62. The summed E-state index contributed by atoms with van der Waals surface area (Å²) in [6.45, 7) is 9.08. The second-order valence-corrected chi connectivity index (χ2v) is 8.26. The fourth-order valence-corrected chi connectivity index (χ4v) is 4.42. The number of aromatic nitrogens is 3. The molecule has 7 nitrogen and oxygen atoms in total. The monoisotopic (exact) mass is 430 g/mol. The SMILES string of the molecule is CCN1CCN(c2nnc(-n3cccc3C(=O)Nc3cccc(Cl)c3C)s2)CC1. The van der Waals surface area contributed by atoms with Crippen molar-refractivity contribution in [1.29, 1.82) is 0 Å². The van der Waals surface area contributed by atoms with E-state index < -0.39 is 0 Å². The lowest BCUT2D eigenvalue weighted by molar-refractivity contribution is 0.102. The van der Waals surface area contributed by atoms with E-state index in [9.17, 15) is 4.79 Å². The van der Waals surface area contributed by atoms with Crippen LogP contribution >= 0.6 is 22.9 Å². The summed E-state index contributed by atoms with van der Waals surface area (Å²) >= 11 is 7.66. The van der Waals surface area contributed by atoms with Crippen LogP contribution in [0.4, 0.5) is 10.8 Å². The van der Waals surface area contributed by atoms with Crippen LogP contribution in [0.2, 0.25) is 5.02 Å². The summed E-state index contributed by atoms with van der Waals surface area (Å²) < 4.78 is 1.78. The summed E-state index contributed by atoms with van der Waals surface area (Å²) in [5, 5.41) is 13.8. The van der Waals surface area contributed by atoms with Crippen LogP contribution in [0.15, 0.2) is 36.5 Å². The number of piperazine rings is 1. The molecule has 0 radical (unpaired) electrons. The molecule has 0 bridgehead atoms. The number of hydrogen-bond donors (Lipinski definition) is 1. The van der Waals surface area contributed by atoms with Crippen LogP contribution in [0.25, 0.3) is 5.13 Å². The van der Waals surface area contributed by atoms with Gasteiger partial charge in [0.15, 0.2) is 0 Å². The van der Waals surface area contributed by atoms with Gasteiger partial charge in [-0.1, -0.05) is 35.9 Å². The normalized spacial score (nSPS) is 14.9. The highest BCUT2D eigenvalue weighted by Crippen LogP contribution is 2.27. The Bertz CT molecular complexity index is 1010. The summed E-state index contributed by atoms with van der Waals surface area (Å²) in [5.74, 6) is -0.214. The minimum Gasteiger partial charge on any atom is -0.344 e. The van der Waals surface area contributed by atoms with Crippen LogP contribution in [-0.4, -0.2) is 58.3 Å². The third-order valence-electron chi connectivity index (χ3n) is 5.20. The van der Waals surface area contributed by atoms with Gasteiger partial charge in [-0.3, -0.25) is 9.36 Å². The first kappa shape index (κ1) is 19.9. The van der Waals surface area contributed by atoms with Crippen molar-refractivity contribution in [3.05, 3.63) is 52.8 Å². The summed E-state index contributed by atoms with van der Waals surface area (Å²) in [7, 11) is 0. The molecule has 1 fully saturated rings. The molecule has 3 aromatic rings. The van der Waals surface area contributed by atoms with Crippen LogP contribution in [0, 0.1) is 6.92 Å². The van der Waals surface area contributed by atoms with Crippen molar-refractivity contribution in [2.45, 2.75) is 13.8 Å². The summed E-state index contributed by atoms with van der Waals surface area (Å²) in [5.41, 5.74) is 2.04. The zero-order valence-electron chi connectivity index (χ0n) is 16.4. The number of anilines is 2. The van der Waals surface area contributed by atoms with E-state index in [0.717, 1.165) is 43.4 Å². The van der Waals surface area contributed by atoms with Crippen LogP contribution in [0.5, 0.6) is 0 Å². The van der Waals surface area contributed by atoms with Gasteiger partial charge < -0.3 is 15.1 Å². The van der Waals surface area contributed by atoms with Gasteiger partial charge in [0.25, 0.3) is 5.91 Å². The van der Waals surface area contributed by atoms with Crippen molar-refractivity contribution in [1.82, 2.24) is 19.7 Å². The van der Waals surface area contributed by atoms with E-state index >= 15 is 0 Å². The molecular weight excluding hydrogens is 408 g/mol. The molecule has 1 N–H and O–H groups in total. The molecule has 1 aliphatic heterocycles. The molecule has 3 heterocycles. The van der Waals surface area contributed by atoms with Gasteiger partial charge in [-0.05, 0) is 43.3 Å². The van der Waals surface area contributed by atoms with E-state index in [1.165, 1.54) is 11.3 Å². The smallest absolute Gasteiger partial charge is 0.272 e. The summed E-state index contributed by atoms with van der Waals surface area (Å²) in [6, 6.07) is 9.07. The Hall–Kier alpha value is -2.42. The molecule has 1 aromatic carbocycles. The number of likely N-dealkylation sites (N-methyl/N-ethyl adjacent to an activating group) is 1. The van der Waals surface area contributed by atoms with Gasteiger partial charge in [-0.15, -0.1) is 10.2 Å². The van der Waals surface area contributed by atoms with E-state index in [-0.39, 0.29) is 5.91 Å². The topological polar surface area (TPSA) is 66.3 Å². The molecule has 0 aliphatic carbocycles. The molecule has 0 unspecified atom stereocenters. The molecule has 0 saturated carbocycles. The lowest BCUT2D eigenvalue weighted by atomic mass is 10.2. The Morgan fingerprint density at radius 2 is 1.90 bits per heavy atom. The van der Waals surface area contributed by atoms with Crippen LogP contribution in [-0.2, 0) is 0 Å². The zero-order valence-corrected chi connectivity index (χ0v) is 18.0. The number of carbonyl (C=O) groups excluding carboxylic acids is 1. The van der Waals surface area contributed by atoms with Crippen molar-refractivity contribution < 1.29 is 4.79 Å². The molecule has 152 valence electrons. The largest absolute Gasteiger partial charge is 0.344 e. The van der Waals surface area contributed by atoms with Gasteiger partial charge in [-0.25, -0.2) is 0 Å². The average molecular weight is 431 g/mol. The number of amides is 1. The third-order valence-corrected chi connectivity index (χ3v) is 6.59. The van der Waals surface area contributed by atoms with Gasteiger partial charge in [0.2, 0.25) is 10.3 Å². The minimum absolute atomic E-state index is 0.214. The molecular formula is C20H23ClN6OS. The van der Waals surface area contributed by atoms with E-state index in [4.69, 9.17) is 11.6 Å². The van der Waals surface area contributed by atoms with E-state index in [1.54, 1.807) is 16.7 Å². The highest BCUT2D eigenvalue weighted by molar-refractivity contribution is 7.17. The van der Waals surface area contributed by atoms with E-state index in [1.807, 2.05) is 31.3 Å². The lowest BCUT2D eigenvalue weighted by Gasteiger charge is -2.33. The maximum atomic E-state index is 12.9. The maximum Gasteiger partial charge on any atom is 0.272 e. The van der Waals surface area contributed by atoms with Gasteiger partial charge in [0, 0.05) is 43.1 Å². The average Bonchev–Trinajstić information content (AvgIpc) is 3.41. The molecule has 29 heavy (non-hydrogen) atoms. The van der Waals surface area contributed by atoms with Crippen molar-refractivity contribution in [2.24, 2.45) is 0 Å². The maximum absolute atomic E-state index is 12.9.